The minimum absolute atomic E-state index is 0.786. The number of benzene rings is 1. The first-order valence-corrected chi connectivity index (χ1v) is 6.79. The van der Waals surface area contributed by atoms with Crippen LogP contribution in [0.25, 0.3) is 10.1 Å². The summed E-state index contributed by atoms with van der Waals surface area (Å²) in [7, 11) is 0. The highest BCUT2D eigenvalue weighted by atomic mass is 32.1. The van der Waals surface area contributed by atoms with E-state index in [0.717, 1.165) is 23.6 Å². The highest BCUT2D eigenvalue weighted by Crippen LogP contribution is 2.27. The first-order valence-electron chi connectivity index (χ1n) is 5.91. The van der Waals surface area contributed by atoms with Gasteiger partial charge in [-0.25, -0.2) is 0 Å². The zero-order chi connectivity index (χ0) is 12.7. The topological polar surface area (TPSA) is 43.8 Å². The molecule has 3 rings (SSSR count). The lowest BCUT2D eigenvalue weighted by Gasteiger charge is -2.03. The first-order chi connectivity index (χ1) is 8.66. The fourth-order valence-electron chi connectivity index (χ4n) is 2.18. The summed E-state index contributed by atoms with van der Waals surface area (Å²) in [5.74, 6) is 0. The van der Waals surface area contributed by atoms with Crippen molar-refractivity contribution in [2.75, 3.05) is 5.73 Å². The molecule has 2 heterocycles. The Hall–Kier alpha value is -1.81. The second-order valence-corrected chi connectivity index (χ2v) is 5.41. The number of thiophene rings is 1. The molecule has 2 N–H and O–H groups in total. The average Bonchev–Trinajstić information content (AvgIpc) is 2.89. The van der Waals surface area contributed by atoms with Crippen molar-refractivity contribution < 1.29 is 0 Å². The molecule has 0 radical (unpaired) electrons. The molecule has 0 aliphatic heterocycles. The molecular formula is C14H15N3S. The van der Waals surface area contributed by atoms with Gasteiger partial charge in [0.1, 0.15) is 0 Å². The number of hydrogen-bond acceptors (Lipinski definition) is 3. The van der Waals surface area contributed by atoms with Crippen LogP contribution in [0.2, 0.25) is 0 Å². The summed E-state index contributed by atoms with van der Waals surface area (Å²) in [6.07, 6.45) is 0. The van der Waals surface area contributed by atoms with Gasteiger partial charge in [0.25, 0.3) is 0 Å². The fraction of sp³-hybridized carbons (Fsp3) is 0.214. The Balaban J connectivity index is 2.04. The first kappa shape index (κ1) is 11.3. The van der Waals surface area contributed by atoms with Crippen LogP contribution in [0.3, 0.4) is 0 Å². The third-order valence-electron chi connectivity index (χ3n) is 3.32. The maximum Gasteiger partial charge on any atom is 0.0826 e. The van der Waals surface area contributed by atoms with E-state index in [4.69, 9.17) is 5.73 Å². The lowest BCUT2D eigenvalue weighted by atomic mass is 10.2. The predicted octanol–water partition coefficient (Wildman–Crippen LogP) is 3.35. The van der Waals surface area contributed by atoms with E-state index >= 15 is 0 Å². The molecule has 0 saturated carbocycles. The number of aryl methyl sites for hydroxylation is 1. The van der Waals surface area contributed by atoms with Crippen molar-refractivity contribution in [3.05, 3.63) is 46.6 Å². The van der Waals surface area contributed by atoms with Crippen LogP contribution >= 0.6 is 11.3 Å². The summed E-state index contributed by atoms with van der Waals surface area (Å²) >= 11 is 1.78. The van der Waals surface area contributed by atoms with Crippen molar-refractivity contribution in [3.8, 4) is 0 Å². The number of hydrogen-bond donors (Lipinski definition) is 1. The van der Waals surface area contributed by atoms with Crippen molar-refractivity contribution in [2.45, 2.75) is 20.4 Å². The van der Waals surface area contributed by atoms with Gasteiger partial charge in [-0.2, -0.15) is 5.10 Å². The second kappa shape index (κ2) is 4.14. The molecule has 92 valence electrons. The molecule has 0 spiro atoms. The summed E-state index contributed by atoms with van der Waals surface area (Å²) < 4.78 is 3.31. The number of nitrogens with two attached hydrogens (primary N) is 1. The normalized spacial score (nSPS) is 11.2. The van der Waals surface area contributed by atoms with Crippen LogP contribution in [0.1, 0.15) is 17.0 Å². The smallest absolute Gasteiger partial charge is 0.0826 e. The van der Waals surface area contributed by atoms with Gasteiger partial charge in [0.15, 0.2) is 0 Å². The molecule has 0 aliphatic carbocycles. The Kier molecular flexibility index (Phi) is 2.59. The van der Waals surface area contributed by atoms with E-state index in [1.807, 2.05) is 18.5 Å². The standard InChI is InChI=1S/C14H15N3S/c1-9-14(15)10(2)17(16-9)7-11-8-18-13-6-4-3-5-12(11)13/h3-6,8H,7,15H2,1-2H3. The van der Waals surface area contributed by atoms with Crippen molar-refractivity contribution >= 4 is 27.1 Å². The van der Waals surface area contributed by atoms with Crippen molar-refractivity contribution in [2.24, 2.45) is 0 Å². The molecule has 0 aliphatic rings. The van der Waals surface area contributed by atoms with Gasteiger partial charge in [-0.1, -0.05) is 18.2 Å². The summed E-state index contributed by atoms with van der Waals surface area (Å²) in [5.41, 5.74) is 10.0. The van der Waals surface area contributed by atoms with Crippen LogP contribution < -0.4 is 5.73 Å². The van der Waals surface area contributed by atoms with Crippen molar-refractivity contribution in [1.29, 1.82) is 0 Å². The summed E-state index contributed by atoms with van der Waals surface area (Å²) in [6.45, 7) is 4.75. The van der Waals surface area contributed by atoms with Crippen LogP contribution in [-0.4, -0.2) is 9.78 Å². The predicted molar refractivity (Wildman–Crippen MR) is 77.0 cm³/mol. The van der Waals surface area contributed by atoms with Gasteiger partial charge in [-0.05, 0) is 36.2 Å². The van der Waals surface area contributed by atoms with E-state index in [1.54, 1.807) is 11.3 Å². The molecule has 2 aromatic heterocycles. The summed E-state index contributed by atoms with van der Waals surface area (Å²) in [6, 6.07) is 8.47. The van der Waals surface area contributed by atoms with Crippen LogP contribution in [0.15, 0.2) is 29.6 Å². The van der Waals surface area contributed by atoms with E-state index in [9.17, 15) is 0 Å². The molecule has 0 unspecified atom stereocenters. The largest absolute Gasteiger partial charge is 0.396 e. The fourth-order valence-corrected chi connectivity index (χ4v) is 3.14. The minimum Gasteiger partial charge on any atom is -0.396 e. The monoisotopic (exact) mass is 257 g/mol. The van der Waals surface area contributed by atoms with Crippen molar-refractivity contribution in [3.63, 3.8) is 0 Å². The SMILES string of the molecule is Cc1nn(Cc2csc3ccccc23)c(C)c1N. The molecule has 0 atom stereocenters. The number of aromatic nitrogens is 2. The van der Waals surface area contributed by atoms with Gasteiger partial charge in [-0.15, -0.1) is 11.3 Å². The maximum absolute atomic E-state index is 5.96. The van der Waals surface area contributed by atoms with E-state index in [2.05, 4.69) is 34.7 Å². The Labute approximate surface area is 110 Å². The number of rotatable bonds is 2. The van der Waals surface area contributed by atoms with Crippen LogP contribution in [-0.2, 0) is 6.54 Å². The quantitative estimate of drug-likeness (QED) is 0.765. The van der Waals surface area contributed by atoms with E-state index in [1.165, 1.54) is 15.6 Å². The van der Waals surface area contributed by atoms with E-state index in [-0.39, 0.29) is 0 Å². The molecule has 3 aromatic rings. The zero-order valence-corrected chi connectivity index (χ0v) is 11.3. The number of anilines is 1. The Morgan fingerprint density at radius 3 is 2.78 bits per heavy atom. The molecule has 18 heavy (non-hydrogen) atoms. The van der Waals surface area contributed by atoms with Gasteiger partial charge in [0, 0.05) is 4.70 Å². The zero-order valence-electron chi connectivity index (χ0n) is 10.5. The van der Waals surface area contributed by atoms with Crippen LogP contribution in [0.5, 0.6) is 0 Å². The van der Waals surface area contributed by atoms with Crippen molar-refractivity contribution in [1.82, 2.24) is 9.78 Å². The third kappa shape index (κ3) is 1.69. The van der Waals surface area contributed by atoms with Gasteiger partial charge in [0.05, 0.1) is 23.6 Å². The molecule has 1 aromatic carbocycles. The molecule has 0 fully saturated rings. The number of nitrogens with zero attached hydrogens (tertiary/aromatic N) is 2. The molecule has 0 amide bonds. The number of fused-ring (bicyclic) bond motifs is 1. The average molecular weight is 257 g/mol. The molecular weight excluding hydrogens is 242 g/mol. The van der Waals surface area contributed by atoms with Crippen LogP contribution in [0, 0.1) is 13.8 Å². The third-order valence-corrected chi connectivity index (χ3v) is 4.33. The van der Waals surface area contributed by atoms with E-state index < -0.39 is 0 Å². The highest BCUT2D eigenvalue weighted by molar-refractivity contribution is 7.17. The van der Waals surface area contributed by atoms with E-state index in [0.29, 0.717) is 0 Å². The van der Waals surface area contributed by atoms with Gasteiger partial charge in [-0.3, -0.25) is 4.68 Å². The summed E-state index contributed by atoms with van der Waals surface area (Å²) in [4.78, 5) is 0. The second-order valence-electron chi connectivity index (χ2n) is 4.50. The minimum atomic E-state index is 0.786. The Morgan fingerprint density at radius 2 is 2.06 bits per heavy atom. The molecule has 0 saturated heterocycles. The maximum atomic E-state index is 5.96. The number of nitrogen functional groups attached to an aromatic ring is 1. The van der Waals surface area contributed by atoms with Gasteiger partial charge >= 0.3 is 0 Å². The molecule has 0 bridgehead atoms. The molecule has 3 nitrogen and oxygen atoms in total. The van der Waals surface area contributed by atoms with Gasteiger partial charge in [0.2, 0.25) is 0 Å². The highest BCUT2D eigenvalue weighted by Gasteiger charge is 2.10. The lowest BCUT2D eigenvalue weighted by molar-refractivity contribution is 0.663. The molecule has 4 heteroatoms. The lowest BCUT2D eigenvalue weighted by Crippen LogP contribution is -2.03. The van der Waals surface area contributed by atoms with Crippen LogP contribution in [0.4, 0.5) is 5.69 Å². The van der Waals surface area contributed by atoms with Gasteiger partial charge < -0.3 is 5.73 Å². The summed E-state index contributed by atoms with van der Waals surface area (Å²) in [5, 5.41) is 8.01. The Morgan fingerprint density at radius 1 is 1.28 bits per heavy atom. The Bertz CT molecular complexity index is 709.